The van der Waals surface area contributed by atoms with Gasteiger partial charge in [-0.25, -0.2) is 9.97 Å². The van der Waals surface area contributed by atoms with E-state index in [9.17, 15) is 19.2 Å². The lowest BCUT2D eigenvalue weighted by atomic mass is 10.2. The van der Waals surface area contributed by atoms with Gasteiger partial charge in [0.25, 0.3) is 17.7 Å². The second-order valence-electron chi connectivity index (χ2n) is 10.6. The Hall–Kier alpha value is -5.46. The number of amides is 4. The lowest BCUT2D eigenvalue weighted by Crippen LogP contribution is -2.27. The molecule has 228 valence electrons. The summed E-state index contributed by atoms with van der Waals surface area (Å²) in [6.07, 6.45) is 4.76. The Labute approximate surface area is 253 Å². The Balaban J connectivity index is 1.16. The molecule has 3 heterocycles. The SMILES string of the molecule is CNC(=O)CCCNC(=O)c1ccc2c(c1)nc(CCNC(=O)c1cc(NC(=O)c3ccc4c(c3)ncn4C)cn1C)n2C. The number of nitrogens with one attached hydrogen (secondary N) is 4. The summed E-state index contributed by atoms with van der Waals surface area (Å²) < 4.78 is 5.48. The van der Waals surface area contributed by atoms with E-state index in [4.69, 9.17) is 0 Å². The summed E-state index contributed by atoms with van der Waals surface area (Å²) in [5.41, 5.74) is 5.06. The van der Waals surface area contributed by atoms with Crippen LogP contribution in [0.1, 0.15) is 49.9 Å². The van der Waals surface area contributed by atoms with Crippen molar-refractivity contribution in [2.75, 3.05) is 25.5 Å². The third-order valence-electron chi connectivity index (χ3n) is 7.50. The predicted molar refractivity (Wildman–Crippen MR) is 166 cm³/mol. The predicted octanol–water partition coefficient (Wildman–Crippen LogP) is 2.28. The van der Waals surface area contributed by atoms with Gasteiger partial charge in [-0.2, -0.15) is 0 Å². The largest absolute Gasteiger partial charge is 0.359 e. The van der Waals surface area contributed by atoms with Gasteiger partial charge in [0.2, 0.25) is 5.91 Å². The Morgan fingerprint density at radius 1 is 0.795 bits per heavy atom. The zero-order chi connectivity index (χ0) is 31.4. The number of nitrogens with zero attached hydrogens (tertiary/aromatic N) is 5. The van der Waals surface area contributed by atoms with Crippen molar-refractivity contribution in [1.29, 1.82) is 0 Å². The number of hydrogen-bond donors (Lipinski definition) is 4. The maximum Gasteiger partial charge on any atom is 0.267 e. The summed E-state index contributed by atoms with van der Waals surface area (Å²) in [6, 6.07) is 12.3. The van der Waals surface area contributed by atoms with E-state index in [1.54, 1.807) is 61.5 Å². The number of hydrogen-bond acceptors (Lipinski definition) is 6. The fourth-order valence-corrected chi connectivity index (χ4v) is 5.01. The van der Waals surface area contributed by atoms with Crippen LogP contribution in [0.15, 0.2) is 55.0 Å². The van der Waals surface area contributed by atoms with E-state index in [0.717, 1.165) is 22.4 Å². The summed E-state index contributed by atoms with van der Waals surface area (Å²) in [6.45, 7) is 0.736. The number of carbonyl (C=O) groups excluding carboxylic acids is 4. The van der Waals surface area contributed by atoms with Crippen LogP contribution in [0.2, 0.25) is 0 Å². The summed E-state index contributed by atoms with van der Waals surface area (Å²) in [7, 11) is 7.11. The quantitative estimate of drug-likeness (QED) is 0.171. The number of anilines is 1. The zero-order valence-electron chi connectivity index (χ0n) is 25.1. The minimum Gasteiger partial charge on any atom is -0.359 e. The van der Waals surface area contributed by atoms with Crippen LogP contribution < -0.4 is 21.3 Å². The van der Waals surface area contributed by atoms with Crippen LogP contribution in [0.5, 0.6) is 0 Å². The van der Waals surface area contributed by atoms with Crippen LogP contribution in [-0.2, 0) is 32.4 Å². The molecule has 0 unspecified atom stereocenters. The fourth-order valence-electron chi connectivity index (χ4n) is 5.01. The van der Waals surface area contributed by atoms with E-state index in [2.05, 4.69) is 31.2 Å². The van der Waals surface area contributed by atoms with Crippen molar-refractivity contribution in [3.05, 3.63) is 77.6 Å². The molecule has 0 fully saturated rings. The Morgan fingerprint density at radius 2 is 1.50 bits per heavy atom. The van der Waals surface area contributed by atoms with Gasteiger partial charge < -0.3 is 35.0 Å². The van der Waals surface area contributed by atoms with Crippen molar-refractivity contribution in [3.8, 4) is 0 Å². The normalized spacial score (nSPS) is 11.1. The van der Waals surface area contributed by atoms with Crippen molar-refractivity contribution in [2.45, 2.75) is 19.3 Å². The molecule has 0 aliphatic carbocycles. The maximum atomic E-state index is 13.0. The van der Waals surface area contributed by atoms with Crippen LogP contribution in [0.4, 0.5) is 5.69 Å². The molecule has 5 rings (SSSR count). The summed E-state index contributed by atoms with van der Waals surface area (Å²) >= 11 is 0. The maximum absolute atomic E-state index is 13.0. The number of aryl methyl sites for hydroxylation is 3. The smallest absolute Gasteiger partial charge is 0.267 e. The number of benzene rings is 2. The second-order valence-corrected chi connectivity index (χ2v) is 10.6. The minimum absolute atomic E-state index is 0.0641. The van der Waals surface area contributed by atoms with Crippen molar-refractivity contribution in [3.63, 3.8) is 0 Å². The van der Waals surface area contributed by atoms with Crippen molar-refractivity contribution >= 4 is 51.4 Å². The van der Waals surface area contributed by atoms with Gasteiger partial charge in [-0.15, -0.1) is 0 Å². The molecule has 13 heteroatoms. The monoisotopic (exact) mass is 597 g/mol. The molecule has 0 saturated heterocycles. The average Bonchev–Trinajstić information content (AvgIpc) is 3.68. The number of rotatable bonds is 11. The molecule has 4 N–H and O–H groups in total. The first kappa shape index (κ1) is 30.0. The molecule has 5 aromatic rings. The second kappa shape index (κ2) is 12.8. The Kier molecular flexibility index (Phi) is 8.74. The van der Waals surface area contributed by atoms with Gasteiger partial charge in [-0.1, -0.05) is 0 Å². The number of imidazole rings is 2. The molecule has 0 aliphatic rings. The van der Waals surface area contributed by atoms with E-state index in [1.165, 1.54) is 0 Å². The molecule has 0 radical (unpaired) electrons. The van der Waals surface area contributed by atoms with Crippen molar-refractivity contribution in [2.24, 2.45) is 21.1 Å². The zero-order valence-corrected chi connectivity index (χ0v) is 25.1. The highest BCUT2D eigenvalue weighted by atomic mass is 16.2. The molecule has 0 bridgehead atoms. The standard InChI is InChI=1S/C31H35N9O4/c1-32-28(41)6-5-12-33-29(42)19-8-10-25-23(15-19)37-27(40(25)4)11-13-34-31(44)26-16-21(17-38(26)2)36-30(43)20-7-9-24-22(14-20)35-18-39(24)3/h7-10,14-18H,5-6,11-13H2,1-4H3,(H,32,41)(H,33,42)(H,34,44)(H,36,43). The number of aromatic nitrogens is 5. The third kappa shape index (κ3) is 6.46. The van der Waals surface area contributed by atoms with Gasteiger partial charge in [0.1, 0.15) is 11.5 Å². The van der Waals surface area contributed by atoms with E-state index >= 15 is 0 Å². The van der Waals surface area contributed by atoms with Crippen LogP contribution in [0, 0.1) is 0 Å². The summed E-state index contributed by atoms with van der Waals surface area (Å²) in [5.74, 6) is -0.106. The van der Waals surface area contributed by atoms with Crippen LogP contribution in [0.3, 0.4) is 0 Å². The highest BCUT2D eigenvalue weighted by Gasteiger charge is 2.16. The molecular formula is C31H35N9O4. The van der Waals surface area contributed by atoms with Crippen molar-refractivity contribution in [1.82, 2.24) is 39.6 Å². The molecule has 4 amide bonds. The summed E-state index contributed by atoms with van der Waals surface area (Å²) in [4.78, 5) is 58.7. The number of carbonyl (C=O) groups is 4. The van der Waals surface area contributed by atoms with Gasteiger partial charge in [0.05, 0.1) is 34.1 Å². The van der Waals surface area contributed by atoms with Crippen LogP contribution in [0.25, 0.3) is 22.1 Å². The Bertz CT molecular complexity index is 1880. The molecule has 44 heavy (non-hydrogen) atoms. The van der Waals surface area contributed by atoms with E-state index < -0.39 is 0 Å². The van der Waals surface area contributed by atoms with E-state index in [0.29, 0.717) is 60.4 Å². The molecule has 3 aromatic heterocycles. The minimum atomic E-state index is -0.293. The molecular weight excluding hydrogens is 562 g/mol. The van der Waals surface area contributed by atoms with Gasteiger partial charge in [0, 0.05) is 71.4 Å². The summed E-state index contributed by atoms with van der Waals surface area (Å²) in [5, 5.41) is 11.2. The lowest BCUT2D eigenvalue weighted by Gasteiger charge is -2.06. The fraction of sp³-hybridized carbons (Fsp3) is 0.290. The van der Waals surface area contributed by atoms with Gasteiger partial charge >= 0.3 is 0 Å². The average molecular weight is 598 g/mol. The van der Waals surface area contributed by atoms with Gasteiger partial charge in [-0.3, -0.25) is 19.2 Å². The van der Waals surface area contributed by atoms with Gasteiger partial charge in [-0.05, 0) is 48.9 Å². The number of fused-ring (bicyclic) bond motifs is 2. The Morgan fingerprint density at radius 3 is 2.27 bits per heavy atom. The lowest BCUT2D eigenvalue weighted by molar-refractivity contribution is -0.120. The van der Waals surface area contributed by atoms with Crippen LogP contribution >= 0.6 is 0 Å². The van der Waals surface area contributed by atoms with Gasteiger partial charge in [0.15, 0.2) is 0 Å². The molecule has 2 aromatic carbocycles. The molecule has 0 aliphatic heterocycles. The molecule has 0 spiro atoms. The molecule has 0 saturated carbocycles. The molecule has 0 atom stereocenters. The van der Waals surface area contributed by atoms with E-state index in [1.807, 2.05) is 35.4 Å². The van der Waals surface area contributed by atoms with E-state index in [-0.39, 0.29) is 23.6 Å². The highest BCUT2D eigenvalue weighted by molar-refractivity contribution is 6.06. The highest BCUT2D eigenvalue weighted by Crippen LogP contribution is 2.19. The van der Waals surface area contributed by atoms with Crippen molar-refractivity contribution < 1.29 is 19.2 Å². The third-order valence-corrected chi connectivity index (χ3v) is 7.50. The first-order chi connectivity index (χ1) is 21.1. The first-order valence-corrected chi connectivity index (χ1v) is 14.3. The first-order valence-electron chi connectivity index (χ1n) is 14.3. The van der Waals surface area contributed by atoms with Crippen LogP contribution in [-0.4, -0.2) is 67.4 Å². The molecule has 13 nitrogen and oxygen atoms in total. The topological polar surface area (TPSA) is 157 Å².